The molecule has 0 saturated heterocycles. The highest BCUT2D eigenvalue weighted by Crippen LogP contribution is 2.51. The maximum absolute atomic E-state index is 2.44. The zero-order valence-corrected chi connectivity index (χ0v) is 15.0. The van der Waals surface area contributed by atoms with Gasteiger partial charge >= 0.3 is 0 Å². The van der Waals surface area contributed by atoms with Crippen LogP contribution in [0.3, 0.4) is 0 Å². The molecule has 0 radical (unpaired) electrons. The van der Waals surface area contributed by atoms with Gasteiger partial charge in [0.15, 0.2) is 0 Å². The first kappa shape index (κ1) is 16.9. The maximum atomic E-state index is 2.44. The quantitative estimate of drug-likeness (QED) is 0.488. The summed E-state index contributed by atoms with van der Waals surface area (Å²) in [5.74, 6) is 0. The second-order valence-corrected chi connectivity index (χ2v) is 9.11. The van der Waals surface area contributed by atoms with Crippen LogP contribution in [-0.4, -0.2) is 24.6 Å². The minimum absolute atomic E-state index is 0.742. The summed E-state index contributed by atoms with van der Waals surface area (Å²) in [6.45, 7) is 9.59. The zero-order chi connectivity index (χ0) is 13.4. The van der Waals surface area contributed by atoms with Crippen molar-refractivity contribution < 1.29 is 0 Å². The molecule has 0 spiro atoms. The lowest BCUT2D eigenvalue weighted by molar-refractivity contribution is 0.156. The first-order valence-electron chi connectivity index (χ1n) is 8.04. The Bertz CT molecular complexity index is 193. The van der Waals surface area contributed by atoms with Crippen molar-refractivity contribution in [2.45, 2.75) is 83.0 Å². The van der Waals surface area contributed by atoms with Gasteiger partial charge in [0, 0.05) is 0 Å². The topological polar surface area (TPSA) is 0 Å². The SMILES string of the molecule is CCCCC1(CCCC)CC(PC)CC(PC)C1. The van der Waals surface area contributed by atoms with Crippen molar-refractivity contribution in [2.75, 3.05) is 13.3 Å². The van der Waals surface area contributed by atoms with Crippen molar-refractivity contribution in [3.05, 3.63) is 0 Å². The van der Waals surface area contributed by atoms with E-state index in [0.29, 0.717) is 0 Å². The molecule has 0 amide bonds. The smallest absolute Gasteiger partial charge is 0.0228 e. The van der Waals surface area contributed by atoms with E-state index in [0.717, 1.165) is 16.7 Å². The van der Waals surface area contributed by atoms with Crippen LogP contribution in [0.25, 0.3) is 0 Å². The Morgan fingerprint density at radius 3 is 1.67 bits per heavy atom. The molecule has 4 unspecified atom stereocenters. The highest BCUT2D eigenvalue weighted by molar-refractivity contribution is 7.39. The molecule has 0 heterocycles. The fourth-order valence-electron chi connectivity index (χ4n) is 3.72. The van der Waals surface area contributed by atoms with Gasteiger partial charge in [0.05, 0.1) is 0 Å². The predicted octanol–water partition coefficient (Wildman–Crippen LogP) is 5.89. The van der Waals surface area contributed by atoms with Crippen LogP contribution in [0.1, 0.15) is 71.6 Å². The van der Waals surface area contributed by atoms with Crippen molar-refractivity contribution in [2.24, 2.45) is 5.41 Å². The van der Waals surface area contributed by atoms with Crippen LogP contribution in [0.2, 0.25) is 0 Å². The van der Waals surface area contributed by atoms with E-state index in [4.69, 9.17) is 0 Å². The fraction of sp³-hybridized carbons (Fsp3) is 1.00. The van der Waals surface area contributed by atoms with E-state index in [1.54, 1.807) is 19.3 Å². The second kappa shape index (κ2) is 8.92. The molecule has 0 aromatic carbocycles. The van der Waals surface area contributed by atoms with E-state index < -0.39 is 0 Å². The molecule has 108 valence electrons. The van der Waals surface area contributed by atoms with Crippen molar-refractivity contribution in [1.82, 2.24) is 0 Å². The Balaban J connectivity index is 2.70. The molecule has 1 rings (SSSR count). The Morgan fingerprint density at radius 1 is 0.889 bits per heavy atom. The van der Waals surface area contributed by atoms with Crippen molar-refractivity contribution >= 4 is 17.2 Å². The van der Waals surface area contributed by atoms with Crippen LogP contribution < -0.4 is 0 Å². The summed E-state index contributed by atoms with van der Waals surface area (Å²) in [6, 6.07) is 0. The van der Waals surface area contributed by atoms with Gasteiger partial charge in [-0.25, -0.2) is 0 Å². The summed E-state index contributed by atoms with van der Waals surface area (Å²) in [7, 11) is 2.35. The first-order chi connectivity index (χ1) is 8.69. The Morgan fingerprint density at radius 2 is 1.33 bits per heavy atom. The predicted molar refractivity (Wildman–Crippen MR) is 91.4 cm³/mol. The van der Waals surface area contributed by atoms with Gasteiger partial charge < -0.3 is 0 Å². The second-order valence-electron chi connectivity index (χ2n) is 6.32. The molecule has 0 aliphatic heterocycles. The van der Waals surface area contributed by atoms with Gasteiger partial charge in [-0.2, -0.15) is 0 Å². The van der Waals surface area contributed by atoms with Gasteiger partial charge in [0.25, 0.3) is 0 Å². The van der Waals surface area contributed by atoms with Gasteiger partial charge in [-0.3, -0.25) is 0 Å². The van der Waals surface area contributed by atoms with Crippen molar-refractivity contribution in [3.8, 4) is 0 Å². The van der Waals surface area contributed by atoms with Gasteiger partial charge in [0.2, 0.25) is 0 Å². The fourth-order valence-corrected chi connectivity index (χ4v) is 6.27. The molecule has 1 saturated carbocycles. The minimum Gasteiger partial charge on any atom is -0.122 e. The number of unbranched alkanes of at least 4 members (excludes halogenated alkanes) is 2. The van der Waals surface area contributed by atoms with Gasteiger partial charge in [-0.05, 0) is 62.2 Å². The molecule has 18 heavy (non-hydrogen) atoms. The van der Waals surface area contributed by atoms with E-state index in [1.165, 1.54) is 55.7 Å². The monoisotopic (exact) mass is 288 g/mol. The van der Waals surface area contributed by atoms with Crippen LogP contribution in [0.5, 0.6) is 0 Å². The lowest BCUT2D eigenvalue weighted by Gasteiger charge is -2.45. The van der Waals surface area contributed by atoms with E-state index in [2.05, 4.69) is 27.2 Å². The summed E-state index contributed by atoms with van der Waals surface area (Å²) in [5.41, 5.74) is 2.86. The molecular formula is C16H34P2. The third kappa shape index (κ3) is 5.09. The molecule has 0 bridgehead atoms. The van der Waals surface area contributed by atoms with Crippen LogP contribution >= 0.6 is 17.2 Å². The first-order valence-corrected chi connectivity index (χ1v) is 11.2. The van der Waals surface area contributed by atoms with Crippen molar-refractivity contribution in [1.29, 1.82) is 0 Å². The number of hydrogen-bond acceptors (Lipinski definition) is 0. The summed E-state index contributed by atoms with van der Waals surface area (Å²) in [6.07, 6.45) is 13.4. The molecule has 0 N–H and O–H groups in total. The Labute approximate surface area is 119 Å². The average molecular weight is 288 g/mol. The van der Waals surface area contributed by atoms with E-state index in [-0.39, 0.29) is 0 Å². The maximum Gasteiger partial charge on any atom is -0.0228 e. The summed E-state index contributed by atoms with van der Waals surface area (Å²) in [5, 5.41) is 0. The molecule has 0 nitrogen and oxygen atoms in total. The molecule has 1 fully saturated rings. The van der Waals surface area contributed by atoms with Crippen molar-refractivity contribution in [3.63, 3.8) is 0 Å². The van der Waals surface area contributed by atoms with E-state index >= 15 is 0 Å². The lowest BCUT2D eigenvalue weighted by atomic mass is 9.67. The summed E-state index contributed by atoms with van der Waals surface area (Å²) in [4.78, 5) is 0. The molecule has 0 aromatic heterocycles. The molecule has 1 aliphatic carbocycles. The highest BCUT2D eigenvalue weighted by Gasteiger charge is 2.38. The molecule has 2 heteroatoms. The zero-order valence-electron chi connectivity index (χ0n) is 13.0. The Kier molecular flexibility index (Phi) is 8.38. The largest absolute Gasteiger partial charge is 0.122 e. The standard InChI is InChI=1S/C16H34P2/c1-5-7-9-16(10-8-6-2)12-14(17-3)11-15(13-16)18-4/h14-15,17-18H,5-13H2,1-4H3. The third-order valence-corrected chi connectivity index (χ3v) is 7.38. The molecule has 0 aromatic rings. The highest BCUT2D eigenvalue weighted by atomic mass is 31.1. The lowest BCUT2D eigenvalue weighted by Crippen LogP contribution is -2.35. The summed E-state index contributed by atoms with van der Waals surface area (Å²) >= 11 is 0. The van der Waals surface area contributed by atoms with E-state index in [9.17, 15) is 0 Å². The average Bonchev–Trinajstić information content (AvgIpc) is 2.42. The van der Waals surface area contributed by atoms with Crippen LogP contribution in [0.15, 0.2) is 0 Å². The summed E-state index contributed by atoms with van der Waals surface area (Å²) < 4.78 is 0. The Hall–Kier alpha value is 0.860. The molecule has 1 aliphatic rings. The van der Waals surface area contributed by atoms with Crippen LogP contribution in [0.4, 0.5) is 0 Å². The molecular weight excluding hydrogens is 254 g/mol. The van der Waals surface area contributed by atoms with Gasteiger partial charge in [0.1, 0.15) is 0 Å². The minimum atomic E-state index is 0.742. The third-order valence-electron chi connectivity index (χ3n) is 4.87. The van der Waals surface area contributed by atoms with E-state index in [1.807, 2.05) is 0 Å². The van der Waals surface area contributed by atoms with Gasteiger partial charge in [-0.1, -0.05) is 39.5 Å². The van der Waals surface area contributed by atoms with Crippen LogP contribution in [0, 0.1) is 5.41 Å². The molecule has 4 atom stereocenters. The number of hydrogen-bond donors (Lipinski definition) is 0. The normalized spacial score (nSPS) is 28.7. The number of rotatable bonds is 8. The van der Waals surface area contributed by atoms with Gasteiger partial charge in [-0.15, -0.1) is 17.2 Å². The van der Waals surface area contributed by atoms with Crippen LogP contribution in [-0.2, 0) is 0 Å².